The van der Waals surface area contributed by atoms with E-state index in [0.29, 0.717) is 6.42 Å². The fourth-order valence-electron chi connectivity index (χ4n) is 1.77. The molecule has 0 spiro atoms. The van der Waals surface area contributed by atoms with Gasteiger partial charge >= 0.3 is 0 Å². The molecule has 1 heterocycles. The van der Waals surface area contributed by atoms with Gasteiger partial charge in [0.2, 0.25) is 0 Å². The molecule has 2 rings (SSSR count). The number of fused-ring (bicyclic) bond motifs is 1. The molecule has 0 bridgehead atoms. The second kappa shape index (κ2) is 2.75. The van der Waals surface area contributed by atoms with Crippen LogP contribution in [0.2, 0.25) is 0 Å². The second-order valence-electron chi connectivity index (χ2n) is 4.26. The van der Waals surface area contributed by atoms with Crippen LogP contribution in [-0.4, -0.2) is 10.8 Å². The Hall–Kier alpha value is -0.480. The maximum Gasteiger partial charge on any atom is 0.175 e. The lowest BCUT2D eigenvalue weighted by Crippen LogP contribution is -2.25. The molecule has 1 N–H and O–H groups in total. The van der Waals surface area contributed by atoms with Gasteiger partial charge in [-0.15, -0.1) is 11.3 Å². The molecular weight excluding hydrogens is 202 g/mol. The van der Waals surface area contributed by atoms with Gasteiger partial charge in [0.25, 0.3) is 0 Å². The lowest BCUT2D eigenvalue weighted by molar-refractivity contribution is 0.0916. The van der Waals surface area contributed by atoms with Gasteiger partial charge in [-0.05, 0) is 24.1 Å². The molecule has 0 amide bonds. The van der Waals surface area contributed by atoms with Gasteiger partial charge in [0, 0.05) is 12.1 Å². The number of H-pyrrole nitrogens is 1. The molecule has 2 nitrogen and oxygen atoms in total. The highest BCUT2D eigenvalue weighted by Crippen LogP contribution is 2.35. The predicted octanol–water partition coefficient (Wildman–Crippen LogP) is 2.96. The summed E-state index contributed by atoms with van der Waals surface area (Å²) < 4.78 is 0.719. The first-order valence-corrected chi connectivity index (χ1v) is 5.46. The van der Waals surface area contributed by atoms with E-state index in [2.05, 4.69) is 18.8 Å². The van der Waals surface area contributed by atoms with Crippen molar-refractivity contribution in [3.63, 3.8) is 0 Å². The van der Waals surface area contributed by atoms with E-state index < -0.39 is 0 Å². The van der Waals surface area contributed by atoms with Crippen molar-refractivity contribution in [3.05, 3.63) is 14.5 Å². The molecule has 0 aromatic carbocycles. The molecule has 1 aliphatic rings. The Morgan fingerprint density at radius 3 is 2.85 bits per heavy atom. The Labute approximate surface area is 86.0 Å². The van der Waals surface area contributed by atoms with Crippen LogP contribution in [0.4, 0.5) is 0 Å². The van der Waals surface area contributed by atoms with E-state index in [-0.39, 0.29) is 11.2 Å². The van der Waals surface area contributed by atoms with Gasteiger partial charge < -0.3 is 4.98 Å². The fourth-order valence-corrected chi connectivity index (χ4v) is 2.93. The average molecular weight is 213 g/mol. The number of rotatable bonds is 0. The second-order valence-corrected chi connectivity index (χ2v) is 5.95. The number of nitrogens with one attached hydrogen (secondary N) is 1. The van der Waals surface area contributed by atoms with Crippen molar-refractivity contribution in [2.45, 2.75) is 26.7 Å². The molecule has 0 saturated heterocycles. The summed E-state index contributed by atoms with van der Waals surface area (Å²) in [5.41, 5.74) is 1.12. The number of carbonyl (C=O) groups excluding carboxylic acids is 1. The van der Waals surface area contributed by atoms with Crippen LogP contribution in [0.1, 0.15) is 35.6 Å². The van der Waals surface area contributed by atoms with Gasteiger partial charge in [0.15, 0.2) is 9.74 Å². The number of ketones is 1. The van der Waals surface area contributed by atoms with Gasteiger partial charge in [-0.3, -0.25) is 4.79 Å². The van der Waals surface area contributed by atoms with Crippen LogP contribution in [0.5, 0.6) is 0 Å². The quantitative estimate of drug-likeness (QED) is 0.672. The Morgan fingerprint density at radius 2 is 2.15 bits per heavy atom. The minimum atomic E-state index is 0.0867. The maximum atomic E-state index is 11.7. The predicted molar refractivity (Wildman–Crippen MR) is 55.9 cm³/mol. The lowest BCUT2D eigenvalue weighted by atomic mass is 9.78. The van der Waals surface area contributed by atoms with Gasteiger partial charge in [-0.2, -0.15) is 0 Å². The van der Waals surface area contributed by atoms with E-state index >= 15 is 0 Å². The number of thiazole rings is 1. The average Bonchev–Trinajstić information content (AvgIpc) is 2.27. The smallest absolute Gasteiger partial charge is 0.175 e. The first kappa shape index (κ1) is 9.09. The number of hydrogen-bond acceptors (Lipinski definition) is 3. The van der Waals surface area contributed by atoms with E-state index in [1.165, 1.54) is 11.3 Å². The molecule has 13 heavy (non-hydrogen) atoms. The monoisotopic (exact) mass is 213 g/mol. The van der Waals surface area contributed by atoms with Crippen molar-refractivity contribution in [1.82, 2.24) is 4.98 Å². The molecule has 1 aliphatic carbocycles. The summed E-state index contributed by atoms with van der Waals surface area (Å²) in [6.45, 7) is 4.23. The summed E-state index contributed by atoms with van der Waals surface area (Å²) >= 11 is 6.43. The molecule has 1 aromatic heterocycles. The van der Waals surface area contributed by atoms with E-state index in [4.69, 9.17) is 12.2 Å². The minimum absolute atomic E-state index is 0.0867. The van der Waals surface area contributed by atoms with Crippen LogP contribution in [0.25, 0.3) is 0 Å². The van der Waals surface area contributed by atoms with E-state index in [9.17, 15) is 4.79 Å². The topological polar surface area (TPSA) is 32.9 Å². The zero-order chi connectivity index (χ0) is 9.64. The number of carbonyl (C=O) groups is 1. The van der Waals surface area contributed by atoms with Crippen molar-refractivity contribution in [2.24, 2.45) is 5.41 Å². The van der Waals surface area contributed by atoms with Crippen LogP contribution >= 0.6 is 23.6 Å². The lowest BCUT2D eigenvalue weighted by Gasteiger charge is -2.27. The zero-order valence-corrected chi connectivity index (χ0v) is 9.27. The summed E-state index contributed by atoms with van der Waals surface area (Å²) in [6, 6.07) is 0. The summed E-state index contributed by atoms with van der Waals surface area (Å²) in [7, 11) is 0. The van der Waals surface area contributed by atoms with Crippen LogP contribution in [-0.2, 0) is 6.42 Å². The molecule has 0 radical (unpaired) electrons. The molecule has 0 fully saturated rings. The van der Waals surface area contributed by atoms with Crippen molar-refractivity contribution in [2.75, 3.05) is 0 Å². The zero-order valence-electron chi connectivity index (χ0n) is 7.64. The number of Topliss-reactive ketones (excluding diaryl/α,β-unsaturated/α-hetero) is 1. The highest BCUT2D eigenvalue weighted by Gasteiger charge is 2.32. The maximum absolute atomic E-state index is 11.7. The van der Waals surface area contributed by atoms with Gasteiger partial charge in [0.1, 0.15) is 0 Å². The molecule has 1 aromatic rings. The van der Waals surface area contributed by atoms with Crippen LogP contribution in [0.3, 0.4) is 0 Å². The first-order valence-electron chi connectivity index (χ1n) is 4.23. The molecule has 0 atom stereocenters. The van der Waals surface area contributed by atoms with Crippen molar-refractivity contribution >= 4 is 29.3 Å². The van der Waals surface area contributed by atoms with Crippen LogP contribution in [0, 0.1) is 9.37 Å². The Morgan fingerprint density at radius 1 is 1.46 bits per heavy atom. The Bertz CT molecular complexity index is 413. The number of hydrogen-bond donors (Lipinski definition) is 1. The number of aromatic amines is 1. The molecule has 0 unspecified atom stereocenters. The van der Waals surface area contributed by atoms with Crippen molar-refractivity contribution in [3.8, 4) is 0 Å². The van der Waals surface area contributed by atoms with Gasteiger partial charge in [0.05, 0.1) is 4.88 Å². The first-order chi connectivity index (χ1) is 5.98. The molecule has 0 saturated carbocycles. The summed E-state index contributed by atoms with van der Waals surface area (Å²) in [5.74, 6) is 0.239. The van der Waals surface area contributed by atoms with Crippen LogP contribution < -0.4 is 0 Å². The highest BCUT2D eigenvalue weighted by molar-refractivity contribution is 7.73. The fraction of sp³-hybridized carbons (Fsp3) is 0.556. The Kier molecular flexibility index (Phi) is 1.92. The normalized spacial score (nSPS) is 20.0. The third-order valence-corrected chi connectivity index (χ3v) is 3.59. The largest absolute Gasteiger partial charge is 0.340 e. The molecular formula is C9H11NOS2. The SMILES string of the molecule is CC1(C)CC(=O)c2sc(=S)[nH]c2C1. The molecule has 70 valence electrons. The molecule has 0 aliphatic heterocycles. The third-order valence-electron chi connectivity index (χ3n) is 2.27. The van der Waals surface area contributed by atoms with Gasteiger partial charge in [-0.1, -0.05) is 13.8 Å². The van der Waals surface area contributed by atoms with E-state index in [1.807, 2.05) is 0 Å². The standard InChI is InChI=1S/C9H11NOS2/c1-9(2)3-5-7(6(11)4-9)13-8(12)10-5/h3-4H2,1-2H3,(H,10,12). The third kappa shape index (κ3) is 1.60. The summed E-state index contributed by atoms with van der Waals surface area (Å²) in [5, 5.41) is 0. The van der Waals surface area contributed by atoms with E-state index in [1.54, 1.807) is 0 Å². The van der Waals surface area contributed by atoms with E-state index in [0.717, 1.165) is 20.9 Å². The van der Waals surface area contributed by atoms with Crippen LogP contribution in [0.15, 0.2) is 0 Å². The van der Waals surface area contributed by atoms with Crippen molar-refractivity contribution < 1.29 is 4.79 Å². The highest BCUT2D eigenvalue weighted by atomic mass is 32.1. The molecule has 4 heteroatoms. The summed E-state index contributed by atoms with van der Waals surface area (Å²) in [4.78, 5) is 15.6. The summed E-state index contributed by atoms with van der Waals surface area (Å²) in [6.07, 6.45) is 1.57. The van der Waals surface area contributed by atoms with Gasteiger partial charge in [-0.25, -0.2) is 0 Å². The minimum Gasteiger partial charge on any atom is -0.340 e. The van der Waals surface area contributed by atoms with Crippen molar-refractivity contribution in [1.29, 1.82) is 0 Å². The number of aromatic nitrogens is 1. The Balaban J connectivity index is 2.54.